The Kier molecular flexibility index (Phi) is 7.69. The van der Waals surface area contributed by atoms with Crippen LogP contribution in [0.4, 0.5) is 0 Å². The van der Waals surface area contributed by atoms with Gasteiger partial charge in [-0.05, 0) is 45.2 Å². The largest absolute Gasteiger partial charge is 0.480 e. The summed E-state index contributed by atoms with van der Waals surface area (Å²) in [7, 11) is 0. The second kappa shape index (κ2) is 8.45. The van der Waals surface area contributed by atoms with Crippen LogP contribution in [0.5, 0.6) is 0 Å². The van der Waals surface area contributed by atoms with Crippen molar-refractivity contribution in [2.75, 3.05) is 13.2 Å². The van der Waals surface area contributed by atoms with Gasteiger partial charge in [0.2, 0.25) is 5.91 Å². The Hall–Kier alpha value is -0.200. The molecule has 9 nitrogen and oxygen atoms in total. The van der Waals surface area contributed by atoms with Crippen LogP contribution in [-0.4, -0.2) is 61.5 Å². The normalized spacial score (nSPS) is 25.5. The second-order valence-corrected chi connectivity index (χ2v) is 8.19. The molecule has 0 saturated heterocycles. The lowest BCUT2D eigenvalue weighted by molar-refractivity contribution is -0.152. The molecule has 1 amide bonds. The number of halogens is 3. The van der Waals surface area contributed by atoms with E-state index in [1.54, 1.807) is 67.8 Å². The predicted octanol–water partition coefficient (Wildman–Crippen LogP) is -0.277. The van der Waals surface area contributed by atoms with Gasteiger partial charge < -0.3 is 31.5 Å². The zero-order valence-corrected chi connectivity index (χ0v) is 18.3. The SMILES string of the molecule is NC1=C(I)C(C(=O)O)(C(=O)NCC(O)CO)C(I)C(C(=O)O)=C1I. The van der Waals surface area contributed by atoms with E-state index in [0.29, 0.717) is 0 Å². The van der Waals surface area contributed by atoms with Crippen LogP contribution in [0.1, 0.15) is 0 Å². The van der Waals surface area contributed by atoms with E-state index in [4.69, 9.17) is 10.8 Å². The quantitative estimate of drug-likeness (QED) is 0.127. The van der Waals surface area contributed by atoms with Crippen molar-refractivity contribution < 1.29 is 34.8 Å². The molecule has 3 atom stereocenters. The van der Waals surface area contributed by atoms with Crippen LogP contribution in [0.2, 0.25) is 0 Å². The summed E-state index contributed by atoms with van der Waals surface area (Å²) in [6, 6.07) is 0. The summed E-state index contributed by atoms with van der Waals surface area (Å²) in [5.74, 6) is -3.95. The number of aliphatic hydroxyl groups is 2. The molecule has 1 rings (SSSR count). The Balaban J connectivity index is 3.49. The lowest BCUT2D eigenvalue weighted by Crippen LogP contribution is -2.56. The van der Waals surface area contributed by atoms with Crippen LogP contribution < -0.4 is 11.1 Å². The van der Waals surface area contributed by atoms with Crippen molar-refractivity contribution in [3.8, 4) is 0 Å². The minimum atomic E-state index is -2.25. The second-order valence-electron chi connectivity index (χ2n) is 4.78. The first-order chi connectivity index (χ1) is 11.0. The van der Waals surface area contributed by atoms with Crippen molar-refractivity contribution in [3.63, 3.8) is 0 Å². The average Bonchev–Trinajstić information content (AvgIpc) is 2.50. The molecule has 1 aliphatic rings. The number of allylic oxidation sites excluding steroid dienone is 1. The lowest BCUT2D eigenvalue weighted by Gasteiger charge is -2.37. The molecule has 0 aromatic carbocycles. The molecule has 24 heavy (non-hydrogen) atoms. The maximum Gasteiger partial charge on any atom is 0.333 e. The summed E-state index contributed by atoms with van der Waals surface area (Å²) >= 11 is 4.92. The summed E-state index contributed by atoms with van der Waals surface area (Å²) in [6.45, 7) is -1.01. The van der Waals surface area contributed by atoms with Crippen molar-refractivity contribution in [2.24, 2.45) is 11.1 Å². The van der Waals surface area contributed by atoms with Crippen molar-refractivity contribution >= 4 is 85.6 Å². The number of amides is 1. The molecule has 0 aromatic heterocycles. The highest BCUT2D eigenvalue weighted by molar-refractivity contribution is 14.1. The number of hydrogen-bond acceptors (Lipinski definition) is 6. The molecular formula is C12H13I3N2O7. The summed E-state index contributed by atoms with van der Waals surface area (Å²) in [6.07, 6.45) is -1.27. The Bertz CT molecular complexity index is 649. The summed E-state index contributed by atoms with van der Waals surface area (Å²) < 4.78 is -1.08. The van der Waals surface area contributed by atoms with E-state index in [0.717, 1.165) is 0 Å². The molecule has 1 aliphatic carbocycles. The number of aliphatic hydroxyl groups excluding tert-OH is 2. The van der Waals surface area contributed by atoms with Crippen LogP contribution >= 0.6 is 67.8 Å². The van der Waals surface area contributed by atoms with E-state index in [2.05, 4.69) is 5.32 Å². The Labute approximate surface area is 177 Å². The lowest BCUT2D eigenvalue weighted by atomic mass is 9.76. The van der Waals surface area contributed by atoms with Gasteiger partial charge >= 0.3 is 11.9 Å². The maximum absolute atomic E-state index is 12.6. The van der Waals surface area contributed by atoms with Gasteiger partial charge in [-0.15, -0.1) is 0 Å². The van der Waals surface area contributed by atoms with E-state index < -0.39 is 39.9 Å². The number of rotatable bonds is 6. The van der Waals surface area contributed by atoms with Gasteiger partial charge in [-0.3, -0.25) is 9.59 Å². The van der Waals surface area contributed by atoms with Gasteiger partial charge in [-0.1, -0.05) is 22.6 Å². The molecule has 0 saturated carbocycles. The van der Waals surface area contributed by atoms with Gasteiger partial charge in [-0.2, -0.15) is 0 Å². The number of nitrogens with one attached hydrogen (secondary N) is 1. The number of carbonyl (C=O) groups is 3. The van der Waals surface area contributed by atoms with Crippen molar-refractivity contribution in [1.82, 2.24) is 5.32 Å². The number of aliphatic carboxylic acids is 2. The minimum Gasteiger partial charge on any atom is -0.480 e. The molecule has 134 valence electrons. The number of carboxylic acids is 2. The fourth-order valence-electron chi connectivity index (χ4n) is 2.02. The number of alkyl halides is 1. The molecule has 0 spiro atoms. The Morgan fingerprint density at radius 2 is 1.83 bits per heavy atom. The first kappa shape index (κ1) is 21.8. The molecule has 3 unspecified atom stereocenters. The highest BCUT2D eigenvalue weighted by atomic mass is 127. The predicted molar refractivity (Wildman–Crippen MR) is 108 cm³/mol. The molecule has 0 aliphatic heterocycles. The molecule has 7 N–H and O–H groups in total. The standard InChI is InChI=1S/C12H13I3N2O7/c13-5-4(9(20)21)7(14)12(11(23)24,8(15)6(5)16)10(22)17-1-3(19)2-18/h3,7,18-19H,1-2,16H2,(H,17,22)(H,20,21)(H,23,24). The third kappa shape index (κ3) is 3.65. The molecule has 0 aromatic rings. The van der Waals surface area contributed by atoms with E-state index in [-0.39, 0.29) is 25.0 Å². The molecule has 12 heteroatoms. The van der Waals surface area contributed by atoms with Crippen molar-refractivity contribution in [1.29, 1.82) is 0 Å². The van der Waals surface area contributed by atoms with Crippen LogP contribution in [-0.2, 0) is 14.4 Å². The van der Waals surface area contributed by atoms with E-state index in [9.17, 15) is 29.7 Å². The summed E-state index contributed by atoms with van der Waals surface area (Å²) in [5, 5.41) is 39.5. The molecule has 0 radical (unpaired) electrons. The van der Waals surface area contributed by atoms with Gasteiger partial charge in [0.1, 0.15) is 0 Å². The summed E-state index contributed by atoms with van der Waals surface area (Å²) in [4.78, 5) is 36.1. The third-order valence-electron chi connectivity index (χ3n) is 3.32. The maximum atomic E-state index is 12.6. The fourth-order valence-corrected chi connectivity index (χ4v) is 7.04. The zero-order valence-electron chi connectivity index (χ0n) is 11.8. The molecular weight excluding hydrogens is 665 g/mol. The number of nitrogens with two attached hydrogens (primary N) is 1. The zero-order chi connectivity index (χ0) is 18.8. The topological polar surface area (TPSA) is 170 Å². The van der Waals surface area contributed by atoms with E-state index in [1.165, 1.54) is 0 Å². The smallest absolute Gasteiger partial charge is 0.333 e. The van der Waals surface area contributed by atoms with Crippen LogP contribution in [0.3, 0.4) is 0 Å². The van der Waals surface area contributed by atoms with Crippen molar-refractivity contribution in [2.45, 2.75) is 10.0 Å². The third-order valence-corrected chi connectivity index (χ3v) is 7.48. The van der Waals surface area contributed by atoms with Crippen molar-refractivity contribution in [3.05, 3.63) is 18.4 Å². The Morgan fingerprint density at radius 3 is 2.25 bits per heavy atom. The van der Waals surface area contributed by atoms with Crippen LogP contribution in [0.15, 0.2) is 18.4 Å². The van der Waals surface area contributed by atoms with Gasteiger partial charge in [-0.25, -0.2) is 4.79 Å². The molecule has 0 fully saturated rings. The van der Waals surface area contributed by atoms with Crippen LogP contribution in [0.25, 0.3) is 0 Å². The van der Waals surface area contributed by atoms with Crippen LogP contribution in [0, 0.1) is 5.41 Å². The molecule has 0 heterocycles. The van der Waals surface area contributed by atoms with E-state index >= 15 is 0 Å². The average molecular weight is 678 g/mol. The van der Waals surface area contributed by atoms with Gasteiger partial charge in [0.25, 0.3) is 0 Å². The monoisotopic (exact) mass is 678 g/mol. The highest BCUT2D eigenvalue weighted by Gasteiger charge is 2.59. The number of carboxylic acid groups (broad SMARTS) is 2. The first-order valence-corrected chi connectivity index (χ1v) is 9.67. The fraction of sp³-hybridized carbons (Fsp3) is 0.417. The van der Waals surface area contributed by atoms with Gasteiger partial charge in [0.15, 0.2) is 5.41 Å². The Morgan fingerprint density at radius 1 is 1.29 bits per heavy atom. The van der Waals surface area contributed by atoms with Gasteiger partial charge in [0.05, 0.1) is 27.9 Å². The summed E-state index contributed by atoms with van der Waals surface area (Å²) in [5.41, 5.74) is 3.23. The number of hydrogen-bond donors (Lipinski definition) is 6. The van der Waals surface area contributed by atoms with E-state index in [1.807, 2.05) is 0 Å². The molecule has 0 bridgehead atoms. The number of carbonyl (C=O) groups excluding carboxylic acids is 1. The minimum absolute atomic E-state index is 0.0163. The highest BCUT2D eigenvalue weighted by Crippen LogP contribution is 2.51. The first-order valence-electron chi connectivity index (χ1n) is 6.27. The van der Waals surface area contributed by atoms with Gasteiger partial charge in [0, 0.05) is 13.7 Å².